The van der Waals surface area contributed by atoms with Crippen LogP contribution in [0, 0.1) is 17.8 Å². The maximum atomic E-state index is 10.5. The molecule has 0 spiro atoms. The highest BCUT2D eigenvalue weighted by molar-refractivity contribution is 6.31. The minimum Gasteiger partial charge on any atom is -0.386 e. The molecule has 4 heteroatoms. The molecule has 0 amide bonds. The number of aliphatic hydroxyl groups is 1. The normalized spacial score (nSPS) is 33.2. The van der Waals surface area contributed by atoms with Gasteiger partial charge in [-0.05, 0) is 37.5 Å². The Morgan fingerprint density at radius 3 is 2.71 bits per heavy atom. The van der Waals surface area contributed by atoms with Gasteiger partial charge in [0.05, 0.1) is 16.9 Å². The number of rotatable bonds is 3. The van der Waals surface area contributed by atoms with Gasteiger partial charge in [0.25, 0.3) is 0 Å². The summed E-state index contributed by atoms with van der Waals surface area (Å²) in [5.74, 6) is 1.89. The van der Waals surface area contributed by atoms with Crippen LogP contribution in [0.4, 0.5) is 0 Å². The van der Waals surface area contributed by atoms with Crippen LogP contribution in [-0.4, -0.2) is 14.9 Å². The van der Waals surface area contributed by atoms with E-state index in [1.807, 2.05) is 11.6 Å². The number of aromatic nitrogens is 2. The van der Waals surface area contributed by atoms with Gasteiger partial charge in [-0.1, -0.05) is 24.4 Å². The highest BCUT2D eigenvalue weighted by Gasteiger charge is 2.55. The van der Waals surface area contributed by atoms with Crippen molar-refractivity contribution in [2.24, 2.45) is 17.8 Å². The van der Waals surface area contributed by atoms with Crippen LogP contribution in [0.2, 0.25) is 5.02 Å². The molecule has 1 aromatic heterocycles. The highest BCUT2D eigenvalue weighted by atomic mass is 35.5. The van der Waals surface area contributed by atoms with E-state index in [-0.39, 0.29) is 0 Å². The molecule has 3 nitrogen and oxygen atoms in total. The molecule has 2 aliphatic rings. The molecular weight excluding hydrogens is 236 g/mol. The number of fused-ring (bicyclic) bond motifs is 1. The summed E-state index contributed by atoms with van der Waals surface area (Å²) >= 11 is 6.14. The van der Waals surface area contributed by atoms with Crippen molar-refractivity contribution in [1.29, 1.82) is 0 Å². The van der Waals surface area contributed by atoms with E-state index in [4.69, 9.17) is 11.6 Å². The summed E-state index contributed by atoms with van der Waals surface area (Å²) in [4.78, 5) is 0. The first-order chi connectivity index (χ1) is 8.24. The van der Waals surface area contributed by atoms with Crippen LogP contribution in [0.15, 0.2) is 6.20 Å². The Morgan fingerprint density at radius 1 is 1.47 bits per heavy atom. The predicted molar refractivity (Wildman–Crippen MR) is 66.8 cm³/mol. The molecular formula is C13H19ClN2O. The van der Waals surface area contributed by atoms with Gasteiger partial charge in [0.2, 0.25) is 0 Å². The second-order valence-corrected chi connectivity index (χ2v) is 5.74. The lowest BCUT2D eigenvalue weighted by atomic mass is 10.0. The van der Waals surface area contributed by atoms with Gasteiger partial charge in [-0.2, -0.15) is 5.10 Å². The van der Waals surface area contributed by atoms with Gasteiger partial charge in [0, 0.05) is 6.54 Å². The van der Waals surface area contributed by atoms with Crippen LogP contribution in [0.3, 0.4) is 0 Å². The molecule has 0 aliphatic heterocycles. The van der Waals surface area contributed by atoms with Gasteiger partial charge < -0.3 is 5.11 Å². The third-order valence-electron chi connectivity index (χ3n) is 4.50. The van der Waals surface area contributed by atoms with Crippen LogP contribution in [0.25, 0.3) is 0 Å². The number of halogens is 1. The number of hydrogen-bond donors (Lipinski definition) is 1. The summed E-state index contributed by atoms with van der Waals surface area (Å²) in [6, 6.07) is 0. The van der Waals surface area contributed by atoms with Crippen LogP contribution in [0.5, 0.6) is 0 Å². The van der Waals surface area contributed by atoms with E-state index in [0.29, 0.717) is 10.9 Å². The van der Waals surface area contributed by atoms with E-state index >= 15 is 0 Å². The van der Waals surface area contributed by atoms with Gasteiger partial charge in [-0.25, -0.2) is 0 Å². The predicted octanol–water partition coefficient (Wildman–Crippen LogP) is 3.03. The van der Waals surface area contributed by atoms with Crippen LogP contribution in [-0.2, 0) is 6.54 Å². The Morgan fingerprint density at radius 2 is 2.12 bits per heavy atom. The van der Waals surface area contributed by atoms with Gasteiger partial charge >= 0.3 is 0 Å². The molecule has 3 rings (SSSR count). The summed E-state index contributed by atoms with van der Waals surface area (Å²) in [6.07, 6.45) is 6.44. The Balaban J connectivity index is 1.82. The summed E-state index contributed by atoms with van der Waals surface area (Å²) in [5.41, 5.74) is 0.827. The molecule has 2 aliphatic carbocycles. The number of hydrogen-bond acceptors (Lipinski definition) is 2. The van der Waals surface area contributed by atoms with Gasteiger partial charge in [-0.3, -0.25) is 4.68 Å². The number of nitrogens with zero attached hydrogens (tertiary/aromatic N) is 2. The Bertz CT molecular complexity index is 406. The summed E-state index contributed by atoms with van der Waals surface area (Å²) in [7, 11) is 0. The van der Waals surface area contributed by atoms with Crippen molar-refractivity contribution in [3.8, 4) is 0 Å². The van der Waals surface area contributed by atoms with E-state index in [0.717, 1.165) is 24.1 Å². The van der Waals surface area contributed by atoms with Crippen LogP contribution in [0.1, 0.15) is 44.4 Å². The number of aryl methyl sites for hydroxylation is 1. The molecule has 17 heavy (non-hydrogen) atoms. The van der Waals surface area contributed by atoms with Crippen molar-refractivity contribution in [1.82, 2.24) is 9.78 Å². The SMILES string of the molecule is CCn1ncc(Cl)c1C(O)C1C2CCCCC21. The molecule has 0 bridgehead atoms. The van der Waals surface area contributed by atoms with Crippen LogP contribution < -0.4 is 0 Å². The van der Waals surface area contributed by atoms with Crippen molar-refractivity contribution < 1.29 is 5.11 Å². The maximum absolute atomic E-state index is 10.5. The molecule has 2 fully saturated rings. The lowest BCUT2D eigenvalue weighted by molar-refractivity contribution is 0.132. The Hall–Kier alpha value is -0.540. The second kappa shape index (κ2) is 4.29. The minimum atomic E-state index is -0.418. The average molecular weight is 255 g/mol. The fourth-order valence-electron chi connectivity index (χ4n) is 3.62. The monoisotopic (exact) mass is 254 g/mol. The molecule has 0 aromatic carbocycles. The first-order valence-corrected chi connectivity index (χ1v) is 7.01. The van der Waals surface area contributed by atoms with E-state index < -0.39 is 6.10 Å². The first kappa shape index (κ1) is 11.5. The molecule has 3 atom stereocenters. The van der Waals surface area contributed by atoms with E-state index in [1.54, 1.807) is 6.20 Å². The fourth-order valence-corrected chi connectivity index (χ4v) is 3.87. The van der Waals surface area contributed by atoms with Crippen molar-refractivity contribution in [2.45, 2.75) is 45.3 Å². The van der Waals surface area contributed by atoms with Crippen molar-refractivity contribution in [3.63, 3.8) is 0 Å². The molecule has 94 valence electrons. The lowest BCUT2D eigenvalue weighted by Crippen LogP contribution is -2.11. The van der Waals surface area contributed by atoms with Gasteiger partial charge in [0.1, 0.15) is 6.10 Å². The zero-order valence-corrected chi connectivity index (χ0v) is 10.9. The molecule has 0 saturated heterocycles. The Labute approximate surface area is 107 Å². The quantitative estimate of drug-likeness (QED) is 0.901. The molecule has 0 radical (unpaired) electrons. The summed E-state index contributed by atoms with van der Waals surface area (Å²) in [6.45, 7) is 2.79. The van der Waals surface area contributed by atoms with E-state index in [9.17, 15) is 5.11 Å². The molecule has 1 heterocycles. The minimum absolute atomic E-state index is 0.418. The maximum Gasteiger partial charge on any atom is 0.100 e. The largest absolute Gasteiger partial charge is 0.386 e. The third kappa shape index (κ3) is 1.80. The van der Waals surface area contributed by atoms with Crippen molar-refractivity contribution in [2.75, 3.05) is 0 Å². The van der Waals surface area contributed by atoms with E-state index in [2.05, 4.69) is 5.10 Å². The lowest BCUT2D eigenvalue weighted by Gasteiger charge is -2.13. The zero-order chi connectivity index (χ0) is 12.0. The van der Waals surface area contributed by atoms with E-state index in [1.165, 1.54) is 25.7 Å². The fraction of sp³-hybridized carbons (Fsp3) is 0.769. The van der Waals surface area contributed by atoms with Crippen molar-refractivity contribution in [3.05, 3.63) is 16.9 Å². The molecule has 1 N–H and O–H groups in total. The Kier molecular flexibility index (Phi) is 2.91. The van der Waals surface area contributed by atoms with Gasteiger partial charge in [-0.15, -0.1) is 0 Å². The third-order valence-corrected chi connectivity index (χ3v) is 4.79. The molecule has 1 aromatic rings. The zero-order valence-electron chi connectivity index (χ0n) is 10.1. The average Bonchev–Trinajstić information content (AvgIpc) is 2.96. The smallest absolute Gasteiger partial charge is 0.100 e. The number of aliphatic hydroxyl groups excluding tert-OH is 1. The van der Waals surface area contributed by atoms with Gasteiger partial charge in [0.15, 0.2) is 0 Å². The van der Waals surface area contributed by atoms with Crippen LogP contribution >= 0.6 is 11.6 Å². The summed E-state index contributed by atoms with van der Waals surface area (Å²) in [5, 5.41) is 15.3. The molecule has 2 saturated carbocycles. The van der Waals surface area contributed by atoms with Crippen molar-refractivity contribution >= 4 is 11.6 Å². The molecule has 3 unspecified atom stereocenters. The highest BCUT2D eigenvalue weighted by Crippen LogP contribution is 2.60. The second-order valence-electron chi connectivity index (χ2n) is 5.33. The standard InChI is InChI=1S/C13H19ClN2O/c1-2-16-12(10(14)7-15-16)13(17)11-8-5-3-4-6-9(8)11/h7-9,11,13,17H,2-6H2,1H3. The topological polar surface area (TPSA) is 38.0 Å². The first-order valence-electron chi connectivity index (χ1n) is 6.63. The summed E-state index contributed by atoms with van der Waals surface area (Å²) < 4.78 is 1.83.